The molecule has 146 valence electrons. The first-order valence-corrected chi connectivity index (χ1v) is 9.76. The third kappa shape index (κ3) is 5.64. The molecule has 2 aromatic carbocycles. The van der Waals surface area contributed by atoms with Crippen molar-refractivity contribution in [1.29, 1.82) is 5.26 Å². The highest BCUT2D eigenvalue weighted by Crippen LogP contribution is 2.12. The zero-order valence-electron chi connectivity index (χ0n) is 15.0. The fourth-order valence-electron chi connectivity index (χ4n) is 2.19. The summed E-state index contributed by atoms with van der Waals surface area (Å²) in [5.41, 5.74) is 1.12. The summed E-state index contributed by atoms with van der Waals surface area (Å²) < 4.78 is 36.4. The lowest BCUT2D eigenvalue weighted by Gasteiger charge is -2.09. The number of carbonyl (C=O) groups excluding carboxylic acids is 2. The second-order valence-electron chi connectivity index (χ2n) is 5.50. The van der Waals surface area contributed by atoms with Crippen LogP contribution in [0.3, 0.4) is 0 Å². The zero-order valence-corrected chi connectivity index (χ0v) is 15.9. The maximum atomic E-state index is 12.2. The van der Waals surface area contributed by atoms with Crippen LogP contribution in [-0.4, -0.2) is 33.5 Å². The molecule has 2 aromatic rings. The first-order valence-electron chi connectivity index (χ1n) is 8.28. The summed E-state index contributed by atoms with van der Waals surface area (Å²) in [5.74, 6) is -1.35. The molecular formula is C19H18N2O6S. The van der Waals surface area contributed by atoms with Gasteiger partial charge in [-0.2, -0.15) is 9.98 Å². The Morgan fingerprint density at radius 3 is 2.39 bits per heavy atom. The van der Waals surface area contributed by atoms with Crippen LogP contribution in [0.15, 0.2) is 53.4 Å². The summed E-state index contributed by atoms with van der Waals surface area (Å²) in [6.07, 6.45) is 0. The standard InChI is InChI=1S/C19H18N2O6S/c1-2-26-19(23)14-7-9-17(10-8-14)28(24,25)21-12-18(22)27-13-16-6-4-3-5-15(16)11-20/h3-10,21H,2,12-13H2,1H3. The van der Waals surface area contributed by atoms with Crippen molar-refractivity contribution in [3.05, 3.63) is 65.2 Å². The highest BCUT2D eigenvalue weighted by Gasteiger charge is 2.17. The number of nitrogens with one attached hydrogen (secondary N) is 1. The lowest BCUT2D eigenvalue weighted by Crippen LogP contribution is -2.30. The minimum atomic E-state index is -3.96. The number of carbonyl (C=O) groups is 2. The molecule has 0 spiro atoms. The number of nitrogens with zero attached hydrogens (tertiary/aromatic N) is 1. The van der Waals surface area contributed by atoms with E-state index in [9.17, 15) is 18.0 Å². The van der Waals surface area contributed by atoms with E-state index in [1.807, 2.05) is 6.07 Å². The smallest absolute Gasteiger partial charge is 0.338 e. The number of rotatable bonds is 8. The van der Waals surface area contributed by atoms with Crippen LogP contribution >= 0.6 is 0 Å². The van der Waals surface area contributed by atoms with Crippen LogP contribution in [0.25, 0.3) is 0 Å². The van der Waals surface area contributed by atoms with Gasteiger partial charge in [-0.1, -0.05) is 18.2 Å². The quantitative estimate of drug-likeness (QED) is 0.667. The van der Waals surface area contributed by atoms with Crippen molar-refractivity contribution in [1.82, 2.24) is 4.72 Å². The molecule has 0 aromatic heterocycles. The molecule has 0 aliphatic rings. The zero-order chi connectivity index (χ0) is 20.6. The van der Waals surface area contributed by atoms with Gasteiger partial charge >= 0.3 is 11.9 Å². The molecule has 2 rings (SSSR count). The van der Waals surface area contributed by atoms with Gasteiger partial charge in [-0.15, -0.1) is 0 Å². The van der Waals surface area contributed by atoms with E-state index >= 15 is 0 Å². The molecule has 9 heteroatoms. The van der Waals surface area contributed by atoms with Crippen molar-refractivity contribution in [2.45, 2.75) is 18.4 Å². The van der Waals surface area contributed by atoms with E-state index in [-0.39, 0.29) is 23.7 Å². The highest BCUT2D eigenvalue weighted by atomic mass is 32.2. The van der Waals surface area contributed by atoms with Crippen LogP contribution in [0.5, 0.6) is 0 Å². The minimum absolute atomic E-state index is 0.108. The van der Waals surface area contributed by atoms with E-state index in [1.165, 1.54) is 24.3 Å². The fraction of sp³-hybridized carbons (Fsp3) is 0.211. The molecule has 28 heavy (non-hydrogen) atoms. The van der Waals surface area contributed by atoms with Crippen molar-refractivity contribution in [2.24, 2.45) is 0 Å². The lowest BCUT2D eigenvalue weighted by molar-refractivity contribution is -0.143. The Morgan fingerprint density at radius 1 is 1.07 bits per heavy atom. The van der Waals surface area contributed by atoms with Gasteiger partial charge in [-0.05, 0) is 37.3 Å². The van der Waals surface area contributed by atoms with Gasteiger partial charge < -0.3 is 9.47 Å². The summed E-state index contributed by atoms with van der Waals surface area (Å²) in [4.78, 5) is 23.3. The molecule has 0 unspecified atom stereocenters. The Kier molecular flexibility index (Phi) is 7.26. The van der Waals surface area contributed by atoms with E-state index in [0.29, 0.717) is 11.1 Å². The van der Waals surface area contributed by atoms with Gasteiger partial charge in [-0.3, -0.25) is 4.79 Å². The molecule has 0 radical (unpaired) electrons. The third-order valence-electron chi connectivity index (χ3n) is 3.61. The number of nitriles is 1. The summed E-state index contributed by atoms with van der Waals surface area (Å²) in [6, 6.07) is 13.7. The minimum Gasteiger partial charge on any atom is -0.462 e. The van der Waals surface area contributed by atoms with Crippen molar-refractivity contribution < 1.29 is 27.5 Å². The van der Waals surface area contributed by atoms with Gasteiger partial charge in [0, 0.05) is 5.56 Å². The van der Waals surface area contributed by atoms with E-state index in [1.54, 1.807) is 31.2 Å². The number of sulfonamides is 1. The van der Waals surface area contributed by atoms with Crippen molar-refractivity contribution in [3.63, 3.8) is 0 Å². The highest BCUT2D eigenvalue weighted by molar-refractivity contribution is 7.89. The largest absolute Gasteiger partial charge is 0.462 e. The molecule has 0 saturated carbocycles. The predicted molar refractivity (Wildman–Crippen MR) is 98.5 cm³/mol. The van der Waals surface area contributed by atoms with Gasteiger partial charge in [0.1, 0.15) is 13.2 Å². The van der Waals surface area contributed by atoms with Gasteiger partial charge in [0.15, 0.2) is 0 Å². The molecule has 0 heterocycles. The van der Waals surface area contributed by atoms with Crippen LogP contribution in [0, 0.1) is 11.3 Å². The predicted octanol–water partition coefficient (Wildman–Crippen LogP) is 1.76. The number of esters is 2. The number of benzene rings is 2. The van der Waals surface area contributed by atoms with E-state index in [2.05, 4.69) is 4.72 Å². The van der Waals surface area contributed by atoms with Crippen LogP contribution in [0.2, 0.25) is 0 Å². The van der Waals surface area contributed by atoms with E-state index in [4.69, 9.17) is 14.7 Å². The lowest BCUT2D eigenvalue weighted by atomic mass is 10.1. The van der Waals surface area contributed by atoms with Crippen molar-refractivity contribution in [2.75, 3.05) is 13.2 Å². The van der Waals surface area contributed by atoms with Gasteiger partial charge in [-0.25, -0.2) is 13.2 Å². The summed E-state index contributed by atoms with van der Waals surface area (Å²) >= 11 is 0. The molecule has 0 saturated heterocycles. The van der Waals surface area contributed by atoms with Gasteiger partial charge in [0.2, 0.25) is 10.0 Å². The number of ether oxygens (including phenoxy) is 2. The summed E-state index contributed by atoms with van der Waals surface area (Å²) in [7, 11) is -3.96. The Bertz CT molecular complexity index is 994. The van der Waals surface area contributed by atoms with Crippen molar-refractivity contribution >= 4 is 22.0 Å². The Balaban J connectivity index is 1.92. The summed E-state index contributed by atoms with van der Waals surface area (Å²) in [5, 5.41) is 8.99. The maximum absolute atomic E-state index is 12.2. The Morgan fingerprint density at radius 2 is 1.75 bits per heavy atom. The fourth-order valence-corrected chi connectivity index (χ4v) is 3.16. The van der Waals surface area contributed by atoms with Crippen LogP contribution in [0.4, 0.5) is 0 Å². The average Bonchev–Trinajstić information content (AvgIpc) is 2.71. The molecule has 0 atom stereocenters. The van der Waals surface area contributed by atoms with Crippen molar-refractivity contribution in [3.8, 4) is 6.07 Å². The molecular weight excluding hydrogens is 384 g/mol. The molecule has 0 aliphatic heterocycles. The molecule has 8 nitrogen and oxygen atoms in total. The van der Waals surface area contributed by atoms with Crippen LogP contribution in [-0.2, 0) is 30.9 Å². The normalized spacial score (nSPS) is 10.7. The molecule has 0 bridgehead atoms. The average molecular weight is 402 g/mol. The first-order chi connectivity index (χ1) is 13.4. The van der Waals surface area contributed by atoms with Gasteiger partial charge in [0.25, 0.3) is 0 Å². The molecule has 0 aliphatic carbocycles. The maximum Gasteiger partial charge on any atom is 0.338 e. The van der Waals surface area contributed by atoms with Gasteiger partial charge in [0.05, 0.1) is 28.7 Å². The monoisotopic (exact) mass is 402 g/mol. The summed E-state index contributed by atoms with van der Waals surface area (Å²) in [6.45, 7) is 1.16. The third-order valence-corrected chi connectivity index (χ3v) is 5.03. The van der Waals surface area contributed by atoms with E-state index < -0.39 is 28.5 Å². The van der Waals surface area contributed by atoms with Crippen LogP contribution < -0.4 is 4.72 Å². The molecule has 0 amide bonds. The first kappa shape index (κ1) is 21.1. The number of hydrogen-bond donors (Lipinski definition) is 1. The van der Waals surface area contributed by atoms with E-state index in [0.717, 1.165) is 0 Å². The van der Waals surface area contributed by atoms with Crippen LogP contribution in [0.1, 0.15) is 28.4 Å². The number of hydrogen-bond acceptors (Lipinski definition) is 7. The Hall–Kier alpha value is -3.22. The molecule has 0 fully saturated rings. The second-order valence-corrected chi connectivity index (χ2v) is 7.27. The topological polar surface area (TPSA) is 123 Å². The second kappa shape index (κ2) is 9.64. The SMILES string of the molecule is CCOC(=O)c1ccc(S(=O)(=O)NCC(=O)OCc2ccccc2C#N)cc1. The molecule has 1 N–H and O–H groups in total. The Labute approximate surface area is 162 Å².